The van der Waals surface area contributed by atoms with E-state index in [9.17, 15) is 13.2 Å². The highest BCUT2D eigenvalue weighted by Crippen LogP contribution is 2.39. The molecule has 0 aliphatic carbocycles. The predicted octanol–water partition coefficient (Wildman–Crippen LogP) is 2.74. The van der Waals surface area contributed by atoms with Crippen LogP contribution in [0.1, 0.15) is 34.6 Å². The highest BCUT2D eigenvalue weighted by Gasteiger charge is 2.57. The molecule has 0 radical (unpaired) electrons. The van der Waals surface area contributed by atoms with Gasteiger partial charge in [-0.25, -0.2) is 0 Å². The molecule has 0 spiro atoms. The van der Waals surface area contributed by atoms with Gasteiger partial charge in [0.25, 0.3) is 0 Å². The summed E-state index contributed by atoms with van der Waals surface area (Å²) in [7, 11) is 0. The normalized spacial score (nSPS) is 29.3. The Hall–Kier alpha value is -0.290. The van der Waals surface area contributed by atoms with Gasteiger partial charge in [0.2, 0.25) is 0 Å². The molecule has 0 aromatic rings. The number of rotatable bonds is 2. The van der Waals surface area contributed by atoms with E-state index in [1.54, 1.807) is 4.90 Å². The van der Waals surface area contributed by atoms with Gasteiger partial charge in [-0.3, -0.25) is 9.80 Å². The second-order valence-electron chi connectivity index (χ2n) is 5.62. The van der Waals surface area contributed by atoms with Crippen molar-refractivity contribution < 1.29 is 13.2 Å². The van der Waals surface area contributed by atoms with E-state index in [4.69, 9.17) is 0 Å². The summed E-state index contributed by atoms with van der Waals surface area (Å²) in [5, 5.41) is 0. The predicted molar refractivity (Wildman–Crippen MR) is 63.0 cm³/mol. The minimum absolute atomic E-state index is 0.0619. The van der Waals surface area contributed by atoms with Gasteiger partial charge in [0.05, 0.1) is 0 Å². The molecule has 1 aliphatic heterocycles. The van der Waals surface area contributed by atoms with E-state index in [1.807, 2.05) is 32.6 Å². The maximum absolute atomic E-state index is 13.3. The van der Waals surface area contributed by atoms with Crippen LogP contribution in [0.25, 0.3) is 0 Å². The van der Waals surface area contributed by atoms with Gasteiger partial charge in [-0.05, 0) is 34.6 Å². The summed E-state index contributed by atoms with van der Waals surface area (Å²) < 4.78 is 39.9. The fourth-order valence-electron chi connectivity index (χ4n) is 2.57. The molecule has 1 unspecified atom stereocenters. The third kappa shape index (κ3) is 2.76. The summed E-state index contributed by atoms with van der Waals surface area (Å²) in [4.78, 5) is 3.48. The molecule has 0 N–H and O–H groups in total. The van der Waals surface area contributed by atoms with Crippen molar-refractivity contribution >= 4 is 0 Å². The van der Waals surface area contributed by atoms with Crippen molar-refractivity contribution in [1.29, 1.82) is 0 Å². The van der Waals surface area contributed by atoms with E-state index in [0.717, 1.165) is 0 Å². The summed E-state index contributed by atoms with van der Waals surface area (Å²) in [6.45, 7) is 10.1. The van der Waals surface area contributed by atoms with Crippen molar-refractivity contribution in [3.8, 4) is 0 Å². The Bertz CT molecular complexity index is 263. The Labute approximate surface area is 102 Å². The molecule has 0 saturated carbocycles. The van der Waals surface area contributed by atoms with Crippen molar-refractivity contribution in [2.75, 3.05) is 19.6 Å². The largest absolute Gasteiger partial charge is 0.407 e. The Morgan fingerprint density at radius 1 is 1.00 bits per heavy atom. The maximum atomic E-state index is 13.3. The van der Waals surface area contributed by atoms with E-state index in [0.29, 0.717) is 13.1 Å². The molecule has 5 heteroatoms. The summed E-state index contributed by atoms with van der Waals surface area (Å²) in [6.07, 6.45) is -4.19. The molecule has 1 fully saturated rings. The summed E-state index contributed by atoms with van der Waals surface area (Å²) in [5.41, 5.74) is -1.73. The molecule has 0 aromatic heterocycles. The number of halogens is 3. The minimum atomic E-state index is -4.19. The second-order valence-corrected chi connectivity index (χ2v) is 5.62. The fourth-order valence-corrected chi connectivity index (χ4v) is 2.57. The van der Waals surface area contributed by atoms with Gasteiger partial charge in [-0.1, -0.05) is 0 Å². The monoisotopic (exact) mass is 252 g/mol. The lowest BCUT2D eigenvalue weighted by Crippen LogP contribution is -2.69. The number of nitrogens with zero attached hydrogens (tertiary/aromatic N) is 2. The highest BCUT2D eigenvalue weighted by atomic mass is 19.4. The molecule has 1 atom stereocenters. The molecule has 0 aromatic carbocycles. The molecule has 0 amide bonds. The van der Waals surface area contributed by atoms with Gasteiger partial charge in [0, 0.05) is 31.7 Å². The van der Waals surface area contributed by atoms with Crippen LogP contribution in [0.4, 0.5) is 13.2 Å². The van der Waals surface area contributed by atoms with Crippen LogP contribution in [0.5, 0.6) is 0 Å². The van der Waals surface area contributed by atoms with Crippen LogP contribution >= 0.6 is 0 Å². The van der Waals surface area contributed by atoms with E-state index >= 15 is 0 Å². The summed E-state index contributed by atoms with van der Waals surface area (Å²) >= 11 is 0. The van der Waals surface area contributed by atoms with Crippen LogP contribution in [-0.2, 0) is 0 Å². The molecule has 1 rings (SSSR count). The van der Waals surface area contributed by atoms with E-state index in [2.05, 4.69) is 0 Å². The average molecular weight is 252 g/mol. The van der Waals surface area contributed by atoms with Crippen LogP contribution in [0.3, 0.4) is 0 Å². The lowest BCUT2D eigenvalue weighted by Gasteiger charge is -2.52. The van der Waals surface area contributed by atoms with Crippen molar-refractivity contribution in [2.45, 2.75) is 58.4 Å². The van der Waals surface area contributed by atoms with E-state index in [1.165, 1.54) is 6.92 Å². The topological polar surface area (TPSA) is 6.48 Å². The fraction of sp³-hybridized carbons (Fsp3) is 1.00. The zero-order chi connectivity index (χ0) is 13.4. The van der Waals surface area contributed by atoms with Crippen LogP contribution < -0.4 is 0 Å². The van der Waals surface area contributed by atoms with Crippen LogP contribution in [0, 0.1) is 0 Å². The number of alkyl halides is 3. The van der Waals surface area contributed by atoms with Gasteiger partial charge in [-0.15, -0.1) is 0 Å². The Morgan fingerprint density at radius 3 is 1.88 bits per heavy atom. The Morgan fingerprint density at radius 2 is 1.53 bits per heavy atom. The Balaban J connectivity index is 2.99. The van der Waals surface area contributed by atoms with Crippen molar-refractivity contribution in [3.05, 3.63) is 0 Å². The Kier molecular flexibility index (Phi) is 4.14. The maximum Gasteiger partial charge on any atom is 0.407 e. The lowest BCUT2D eigenvalue weighted by atomic mass is 9.93. The molecule has 17 heavy (non-hydrogen) atoms. The van der Waals surface area contributed by atoms with Crippen LogP contribution in [0.15, 0.2) is 0 Å². The third-order valence-corrected chi connectivity index (χ3v) is 3.74. The molecule has 2 nitrogen and oxygen atoms in total. The third-order valence-electron chi connectivity index (χ3n) is 3.74. The van der Waals surface area contributed by atoms with Crippen LogP contribution in [0.2, 0.25) is 0 Å². The molecule has 0 bridgehead atoms. The summed E-state index contributed by atoms with van der Waals surface area (Å²) in [6, 6.07) is 0.0712. The minimum Gasteiger partial charge on any atom is -0.297 e. The van der Waals surface area contributed by atoms with E-state index in [-0.39, 0.29) is 18.6 Å². The van der Waals surface area contributed by atoms with Crippen molar-refractivity contribution in [3.63, 3.8) is 0 Å². The van der Waals surface area contributed by atoms with Gasteiger partial charge in [0.15, 0.2) is 0 Å². The quantitative estimate of drug-likeness (QED) is 0.745. The first kappa shape index (κ1) is 14.8. The molecule has 1 heterocycles. The smallest absolute Gasteiger partial charge is 0.297 e. The second kappa shape index (κ2) is 4.76. The van der Waals surface area contributed by atoms with Crippen LogP contribution in [-0.4, -0.2) is 53.2 Å². The van der Waals surface area contributed by atoms with Gasteiger partial charge in [0.1, 0.15) is 5.54 Å². The number of piperazine rings is 1. The lowest BCUT2D eigenvalue weighted by molar-refractivity contribution is -0.248. The zero-order valence-corrected chi connectivity index (χ0v) is 11.3. The number of hydrogen-bond acceptors (Lipinski definition) is 2. The van der Waals surface area contributed by atoms with Gasteiger partial charge in [-0.2, -0.15) is 13.2 Å². The first-order valence-electron chi connectivity index (χ1n) is 6.17. The zero-order valence-electron chi connectivity index (χ0n) is 11.3. The van der Waals surface area contributed by atoms with Crippen molar-refractivity contribution in [2.24, 2.45) is 0 Å². The summed E-state index contributed by atoms with van der Waals surface area (Å²) in [5.74, 6) is 0. The molecular weight excluding hydrogens is 229 g/mol. The first-order chi connectivity index (χ1) is 7.59. The van der Waals surface area contributed by atoms with Gasteiger partial charge >= 0.3 is 6.18 Å². The van der Waals surface area contributed by atoms with Gasteiger partial charge < -0.3 is 0 Å². The SMILES string of the molecule is CC(C)N1CCN(C(C)C)C(C)(C(F)(F)F)C1. The standard InChI is InChI=1S/C12H23F3N2/c1-9(2)16-6-7-17(10(3)4)11(5,8-16)12(13,14)15/h9-10H,6-8H2,1-5H3. The average Bonchev–Trinajstić information content (AvgIpc) is 2.14. The molecule has 1 aliphatic rings. The molecular formula is C12H23F3N2. The molecule has 102 valence electrons. The molecule has 1 saturated heterocycles. The van der Waals surface area contributed by atoms with E-state index < -0.39 is 11.7 Å². The highest BCUT2D eigenvalue weighted by molar-refractivity contribution is 5.01. The first-order valence-corrected chi connectivity index (χ1v) is 6.17. The van der Waals surface area contributed by atoms with Crippen molar-refractivity contribution in [1.82, 2.24) is 9.80 Å². The number of hydrogen-bond donors (Lipinski definition) is 0.